The number of benzene rings is 2. The number of hydrogen-bond acceptors (Lipinski definition) is 4. The monoisotopic (exact) mass is 369 g/mol. The van der Waals surface area contributed by atoms with Crippen LogP contribution >= 0.6 is 11.6 Å². The fourth-order valence-corrected chi connectivity index (χ4v) is 2.62. The first kappa shape index (κ1) is 19.4. The van der Waals surface area contributed by atoms with E-state index in [0.717, 1.165) is 5.56 Å². The van der Waals surface area contributed by atoms with E-state index in [2.05, 4.69) is 10.6 Å². The molecule has 0 bridgehead atoms. The van der Waals surface area contributed by atoms with E-state index in [1.807, 2.05) is 44.2 Å². The van der Waals surface area contributed by atoms with Crippen LogP contribution in [0, 0.1) is 11.3 Å². The van der Waals surface area contributed by atoms with E-state index in [0.29, 0.717) is 22.1 Å². The Morgan fingerprint density at radius 1 is 1.27 bits per heavy atom. The Labute approximate surface area is 158 Å². The van der Waals surface area contributed by atoms with Gasteiger partial charge in [-0.15, -0.1) is 0 Å². The molecule has 134 valence electrons. The van der Waals surface area contributed by atoms with Crippen molar-refractivity contribution in [2.45, 2.75) is 19.8 Å². The molecule has 0 saturated carbocycles. The smallest absolute Gasteiger partial charge is 0.267 e. The standard InChI is InChI=1S/C20H20ClN3O2/c1-13(2)16-6-4-5-7-18(16)24-20(25)14(11-22)12-23-15-8-9-19(26-3)17(21)10-15/h4-10,12-13,23H,1-3H3,(H,24,25)/b14-12-. The number of rotatable bonds is 6. The lowest BCUT2D eigenvalue weighted by Crippen LogP contribution is -2.16. The van der Waals surface area contributed by atoms with Gasteiger partial charge in [0.2, 0.25) is 0 Å². The van der Waals surface area contributed by atoms with Gasteiger partial charge in [-0.2, -0.15) is 5.26 Å². The maximum atomic E-state index is 12.4. The molecule has 0 atom stereocenters. The number of anilines is 2. The van der Waals surface area contributed by atoms with Crippen LogP contribution in [0.2, 0.25) is 5.02 Å². The van der Waals surface area contributed by atoms with Gasteiger partial charge in [-0.3, -0.25) is 4.79 Å². The van der Waals surface area contributed by atoms with Gasteiger partial charge in [0, 0.05) is 17.6 Å². The maximum Gasteiger partial charge on any atom is 0.267 e. The molecule has 0 fully saturated rings. The number of para-hydroxylation sites is 1. The predicted molar refractivity (Wildman–Crippen MR) is 104 cm³/mol. The number of nitrogens with one attached hydrogen (secondary N) is 2. The minimum absolute atomic E-state index is 0.0458. The molecule has 2 rings (SSSR count). The molecule has 2 aromatic rings. The zero-order valence-electron chi connectivity index (χ0n) is 14.8. The highest BCUT2D eigenvalue weighted by Gasteiger charge is 2.13. The minimum Gasteiger partial charge on any atom is -0.495 e. The third kappa shape index (κ3) is 4.78. The number of ether oxygens (including phenoxy) is 1. The number of amides is 1. The molecule has 0 aliphatic carbocycles. The third-order valence-corrected chi connectivity index (χ3v) is 4.03. The van der Waals surface area contributed by atoms with E-state index in [4.69, 9.17) is 16.3 Å². The van der Waals surface area contributed by atoms with E-state index in [1.165, 1.54) is 13.3 Å². The molecule has 6 heteroatoms. The molecule has 0 spiro atoms. The number of carbonyl (C=O) groups excluding carboxylic acids is 1. The van der Waals surface area contributed by atoms with E-state index in [-0.39, 0.29) is 11.5 Å². The molecule has 0 radical (unpaired) electrons. The normalized spacial score (nSPS) is 11.0. The second-order valence-electron chi connectivity index (χ2n) is 5.86. The van der Waals surface area contributed by atoms with Crippen molar-refractivity contribution >= 4 is 28.9 Å². The van der Waals surface area contributed by atoms with Crippen LogP contribution in [0.25, 0.3) is 0 Å². The lowest BCUT2D eigenvalue weighted by molar-refractivity contribution is -0.112. The molecule has 2 N–H and O–H groups in total. The second-order valence-corrected chi connectivity index (χ2v) is 6.27. The first-order valence-corrected chi connectivity index (χ1v) is 8.44. The van der Waals surface area contributed by atoms with Crippen molar-refractivity contribution in [3.63, 3.8) is 0 Å². The van der Waals surface area contributed by atoms with E-state index >= 15 is 0 Å². The van der Waals surface area contributed by atoms with Gasteiger partial charge < -0.3 is 15.4 Å². The molecule has 0 aromatic heterocycles. The fourth-order valence-electron chi connectivity index (χ4n) is 2.36. The van der Waals surface area contributed by atoms with Crippen molar-refractivity contribution in [2.24, 2.45) is 0 Å². The van der Waals surface area contributed by atoms with Crippen molar-refractivity contribution in [1.82, 2.24) is 0 Å². The Hall–Kier alpha value is -2.97. The molecule has 1 amide bonds. The summed E-state index contributed by atoms with van der Waals surface area (Å²) in [5.74, 6) is 0.318. The first-order chi connectivity index (χ1) is 12.5. The maximum absolute atomic E-state index is 12.4. The summed E-state index contributed by atoms with van der Waals surface area (Å²) in [7, 11) is 1.53. The Kier molecular flexibility index (Phi) is 6.65. The van der Waals surface area contributed by atoms with Gasteiger partial charge in [0.15, 0.2) is 0 Å². The summed E-state index contributed by atoms with van der Waals surface area (Å²) < 4.78 is 5.09. The summed E-state index contributed by atoms with van der Waals surface area (Å²) in [6.07, 6.45) is 1.35. The number of nitriles is 1. The van der Waals surface area contributed by atoms with E-state index in [9.17, 15) is 10.1 Å². The number of methoxy groups -OCH3 is 1. The van der Waals surface area contributed by atoms with Crippen LogP contribution in [0.3, 0.4) is 0 Å². The van der Waals surface area contributed by atoms with E-state index in [1.54, 1.807) is 18.2 Å². The topological polar surface area (TPSA) is 74.1 Å². The summed E-state index contributed by atoms with van der Waals surface area (Å²) >= 11 is 6.07. The summed E-state index contributed by atoms with van der Waals surface area (Å²) in [6.45, 7) is 4.09. The molecular formula is C20H20ClN3O2. The Balaban J connectivity index is 2.15. The number of carbonyl (C=O) groups is 1. The van der Waals surface area contributed by atoms with Gasteiger partial charge in [0.25, 0.3) is 5.91 Å². The van der Waals surface area contributed by atoms with Crippen LogP contribution in [-0.4, -0.2) is 13.0 Å². The first-order valence-electron chi connectivity index (χ1n) is 8.07. The second kappa shape index (κ2) is 8.93. The number of hydrogen-bond donors (Lipinski definition) is 2. The minimum atomic E-state index is -0.479. The van der Waals surface area contributed by atoms with E-state index < -0.39 is 5.91 Å². The average molecular weight is 370 g/mol. The van der Waals surface area contributed by atoms with Crippen molar-refractivity contribution in [2.75, 3.05) is 17.7 Å². The van der Waals surface area contributed by atoms with Crippen molar-refractivity contribution in [3.05, 3.63) is 64.8 Å². The molecule has 0 unspecified atom stereocenters. The number of nitrogens with zero attached hydrogens (tertiary/aromatic N) is 1. The molecule has 2 aromatic carbocycles. The zero-order chi connectivity index (χ0) is 19.1. The summed E-state index contributed by atoms with van der Waals surface area (Å²) in [5.41, 5.74) is 2.30. The largest absolute Gasteiger partial charge is 0.495 e. The lowest BCUT2D eigenvalue weighted by atomic mass is 10.0. The summed E-state index contributed by atoms with van der Waals surface area (Å²) in [4.78, 5) is 12.4. The summed E-state index contributed by atoms with van der Waals surface area (Å²) in [5, 5.41) is 15.4. The third-order valence-electron chi connectivity index (χ3n) is 3.73. The summed E-state index contributed by atoms with van der Waals surface area (Å²) in [6, 6.07) is 14.5. The van der Waals surface area contributed by atoms with Crippen LogP contribution in [0.5, 0.6) is 5.75 Å². The molecule has 26 heavy (non-hydrogen) atoms. The van der Waals surface area contributed by atoms with Gasteiger partial charge in [0.1, 0.15) is 17.4 Å². The van der Waals surface area contributed by atoms with Crippen LogP contribution in [0.4, 0.5) is 11.4 Å². The molecule has 5 nitrogen and oxygen atoms in total. The van der Waals surface area contributed by atoms with Crippen LogP contribution in [-0.2, 0) is 4.79 Å². The van der Waals surface area contributed by atoms with Gasteiger partial charge in [-0.1, -0.05) is 43.6 Å². The van der Waals surface area contributed by atoms with Crippen LogP contribution < -0.4 is 15.4 Å². The van der Waals surface area contributed by atoms with Crippen molar-refractivity contribution < 1.29 is 9.53 Å². The Morgan fingerprint density at radius 2 is 2.00 bits per heavy atom. The number of halogens is 1. The van der Waals surface area contributed by atoms with Crippen molar-refractivity contribution in [3.8, 4) is 11.8 Å². The molecule has 0 saturated heterocycles. The van der Waals surface area contributed by atoms with Gasteiger partial charge in [-0.05, 0) is 35.7 Å². The highest BCUT2D eigenvalue weighted by atomic mass is 35.5. The Bertz CT molecular complexity index is 870. The lowest BCUT2D eigenvalue weighted by Gasteiger charge is -2.13. The van der Waals surface area contributed by atoms with Crippen LogP contribution in [0.1, 0.15) is 25.3 Å². The van der Waals surface area contributed by atoms with Gasteiger partial charge >= 0.3 is 0 Å². The predicted octanol–water partition coefficient (Wildman–Crippen LogP) is 4.93. The van der Waals surface area contributed by atoms with Crippen molar-refractivity contribution in [1.29, 1.82) is 5.26 Å². The molecule has 0 aliphatic heterocycles. The average Bonchev–Trinajstić information content (AvgIpc) is 2.62. The van der Waals surface area contributed by atoms with Gasteiger partial charge in [0.05, 0.1) is 12.1 Å². The SMILES string of the molecule is COc1ccc(N/C=C(/C#N)C(=O)Nc2ccccc2C(C)C)cc1Cl. The quantitative estimate of drug-likeness (QED) is 0.559. The van der Waals surface area contributed by atoms with Crippen LogP contribution in [0.15, 0.2) is 54.2 Å². The molecule has 0 aliphatic rings. The Morgan fingerprint density at radius 3 is 2.62 bits per heavy atom. The highest BCUT2D eigenvalue weighted by Crippen LogP contribution is 2.27. The molecule has 0 heterocycles. The van der Waals surface area contributed by atoms with Gasteiger partial charge in [-0.25, -0.2) is 0 Å². The fraction of sp³-hybridized carbons (Fsp3) is 0.200. The zero-order valence-corrected chi connectivity index (χ0v) is 15.6. The molecular weight excluding hydrogens is 350 g/mol. The highest BCUT2D eigenvalue weighted by molar-refractivity contribution is 6.32.